The summed E-state index contributed by atoms with van der Waals surface area (Å²) in [5.41, 5.74) is 0.417. The fourth-order valence-electron chi connectivity index (χ4n) is 1.58. The largest absolute Gasteiger partial charge is 0.377 e. The molecule has 2 aromatic rings. The molecule has 0 spiro atoms. The van der Waals surface area contributed by atoms with Gasteiger partial charge in [-0.2, -0.15) is 0 Å². The molecule has 2 heterocycles. The molecular formula is C11H12ClN3O3. The number of halogens is 1. The Bertz CT molecular complexity index is 606. The van der Waals surface area contributed by atoms with Gasteiger partial charge in [0.25, 0.3) is 5.56 Å². The van der Waals surface area contributed by atoms with Gasteiger partial charge in [0.15, 0.2) is 5.76 Å². The van der Waals surface area contributed by atoms with Gasteiger partial charge >= 0.3 is 0 Å². The Labute approximate surface area is 108 Å². The summed E-state index contributed by atoms with van der Waals surface area (Å²) in [4.78, 5) is 15.8. The van der Waals surface area contributed by atoms with E-state index in [1.54, 1.807) is 20.1 Å². The normalized spacial score (nSPS) is 10.8. The Balaban J connectivity index is 2.25. The van der Waals surface area contributed by atoms with Crippen molar-refractivity contribution in [3.63, 3.8) is 0 Å². The van der Waals surface area contributed by atoms with Gasteiger partial charge in [0.05, 0.1) is 6.54 Å². The van der Waals surface area contributed by atoms with Gasteiger partial charge in [-0.15, -0.1) is 0 Å². The van der Waals surface area contributed by atoms with Gasteiger partial charge < -0.3 is 9.26 Å². The van der Waals surface area contributed by atoms with Crippen molar-refractivity contribution in [3.05, 3.63) is 44.9 Å². The number of methoxy groups -OCH3 is 1. The lowest BCUT2D eigenvalue weighted by atomic mass is 10.3. The number of rotatable bonds is 4. The van der Waals surface area contributed by atoms with Crippen molar-refractivity contribution in [1.29, 1.82) is 0 Å². The standard InChI is InChI=1S/C11H12ClN3O3/c1-7-13-10(12)4-11(16)15(7)5-8-3-9(6-17-2)18-14-8/h3-4H,5-6H2,1-2H3. The van der Waals surface area contributed by atoms with Crippen LogP contribution in [0.3, 0.4) is 0 Å². The van der Waals surface area contributed by atoms with Gasteiger partial charge in [0.2, 0.25) is 0 Å². The van der Waals surface area contributed by atoms with Crippen LogP contribution in [0, 0.1) is 6.92 Å². The van der Waals surface area contributed by atoms with E-state index in [0.717, 1.165) is 0 Å². The van der Waals surface area contributed by atoms with Gasteiger partial charge in [-0.3, -0.25) is 9.36 Å². The molecule has 2 aromatic heterocycles. The average Bonchev–Trinajstić information content (AvgIpc) is 2.72. The van der Waals surface area contributed by atoms with Gasteiger partial charge in [0.1, 0.15) is 23.3 Å². The van der Waals surface area contributed by atoms with Gasteiger partial charge in [-0.05, 0) is 6.92 Å². The van der Waals surface area contributed by atoms with Gasteiger partial charge in [-0.1, -0.05) is 16.8 Å². The summed E-state index contributed by atoms with van der Waals surface area (Å²) in [5.74, 6) is 1.14. The Morgan fingerprint density at radius 3 is 2.94 bits per heavy atom. The second-order valence-electron chi connectivity index (χ2n) is 3.77. The first kappa shape index (κ1) is 12.8. The first-order valence-corrected chi connectivity index (χ1v) is 5.65. The number of aryl methyl sites for hydroxylation is 1. The smallest absolute Gasteiger partial charge is 0.255 e. The molecule has 0 atom stereocenters. The van der Waals surface area contributed by atoms with Crippen molar-refractivity contribution in [2.24, 2.45) is 0 Å². The van der Waals surface area contributed by atoms with Crippen LogP contribution in [0.1, 0.15) is 17.3 Å². The van der Waals surface area contributed by atoms with Crippen LogP contribution in [-0.4, -0.2) is 21.8 Å². The summed E-state index contributed by atoms with van der Waals surface area (Å²) in [5, 5.41) is 4.05. The second kappa shape index (κ2) is 5.32. The zero-order chi connectivity index (χ0) is 13.1. The van der Waals surface area contributed by atoms with E-state index in [4.69, 9.17) is 20.9 Å². The van der Waals surface area contributed by atoms with Gasteiger partial charge in [0, 0.05) is 19.2 Å². The molecule has 0 N–H and O–H groups in total. The zero-order valence-electron chi connectivity index (χ0n) is 10.0. The maximum Gasteiger partial charge on any atom is 0.255 e. The van der Waals surface area contributed by atoms with Gasteiger partial charge in [-0.25, -0.2) is 4.98 Å². The zero-order valence-corrected chi connectivity index (χ0v) is 10.8. The van der Waals surface area contributed by atoms with Crippen molar-refractivity contribution in [2.75, 3.05) is 7.11 Å². The lowest BCUT2D eigenvalue weighted by Crippen LogP contribution is -2.23. The third-order valence-corrected chi connectivity index (χ3v) is 2.58. The van der Waals surface area contributed by atoms with E-state index in [-0.39, 0.29) is 10.7 Å². The molecule has 0 aromatic carbocycles. The van der Waals surface area contributed by atoms with E-state index < -0.39 is 0 Å². The van der Waals surface area contributed by atoms with E-state index in [0.29, 0.717) is 30.4 Å². The first-order chi connectivity index (χ1) is 8.60. The lowest BCUT2D eigenvalue weighted by Gasteiger charge is -2.06. The molecule has 0 radical (unpaired) electrons. The molecule has 0 saturated carbocycles. The predicted octanol–water partition coefficient (Wildman–Crippen LogP) is 1.39. The number of hydrogen-bond donors (Lipinski definition) is 0. The summed E-state index contributed by atoms with van der Waals surface area (Å²) in [6.07, 6.45) is 0. The Morgan fingerprint density at radius 2 is 2.28 bits per heavy atom. The summed E-state index contributed by atoms with van der Waals surface area (Å²) in [6, 6.07) is 3.01. The number of nitrogens with zero attached hydrogens (tertiary/aromatic N) is 3. The average molecular weight is 270 g/mol. The molecule has 7 heteroatoms. The van der Waals surface area contributed by atoms with Crippen LogP contribution in [0.25, 0.3) is 0 Å². The minimum absolute atomic E-state index is 0.189. The lowest BCUT2D eigenvalue weighted by molar-refractivity contribution is 0.155. The molecule has 0 aliphatic rings. The Kier molecular flexibility index (Phi) is 3.78. The van der Waals surface area contributed by atoms with Crippen molar-refractivity contribution in [3.8, 4) is 0 Å². The quantitative estimate of drug-likeness (QED) is 0.785. The summed E-state index contributed by atoms with van der Waals surface area (Å²) in [6.45, 7) is 2.35. The van der Waals surface area contributed by atoms with Crippen LogP contribution < -0.4 is 5.56 Å². The van der Waals surface area contributed by atoms with E-state index in [1.165, 1.54) is 10.6 Å². The fourth-order valence-corrected chi connectivity index (χ4v) is 1.80. The predicted molar refractivity (Wildman–Crippen MR) is 64.6 cm³/mol. The molecular weight excluding hydrogens is 258 g/mol. The molecule has 0 fully saturated rings. The molecule has 0 saturated heterocycles. The van der Waals surface area contributed by atoms with E-state index in [2.05, 4.69) is 10.1 Å². The summed E-state index contributed by atoms with van der Waals surface area (Å²) in [7, 11) is 1.57. The Morgan fingerprint density at radius 1 is 1.50 bits per heavy atom. The molecule has 0 unspecified atom stereocenters. The monoisotopic (exact) mass is 269 g/mol. The highest BCUT2D eigenvalue weighted by atomic mass is 35.5. The molecule has 0 aliphatic carbocycles. The van der Waals surface area contributed by atoms with E-state index >= 15 is 0 Å². The third-order valence-electron chi connectivity index (χ3n) is 2.38. The first-order valence-electron chi connectivity index (χ1n) is 5.27. The maximum absolute atomic E-state index is 11.8. The summed E-state index contributed by atoms with van der Waals surface area (Å²) >= 11 is 5.70. The topological polar surface area (TPSA) is 70.2 Å². The van der Waals surface area contributed by atoms with Crippen LogP contribution in [0.4, 0.5) is 0 Å². The SMILES string of the molecule is COCc1cc(Cn2c(C)nc(Cl)cc2=O)no1. The third kappa shape index (κ3) is 2.77. The highest BCUT2D eigenvalue weighted by Crippen LogP contribution is 2.08. The van der Waals surface area contributed by atoms with E-state index in [9.17, 15) is 4.79 Å². The maximum atomic E-state index is 11.8. The molecule has 0 amide bonds. The van der Waals surface area contributed by atoms with Crippen molar-refractivity contribution in [2.45, 2.75) is 20.1 Å². The van der Waals surface area contributed by atoms with Crippen molar-refractivity contribution < 1.29 is 9.26 Å². The highest BCUT2D eigenvalue weighted by Gasteiger charge is 2.09. The van der Waals surface area contributed by atoms with Crippen LogP contribution in [0.5, 0.6) is 0 Å². The Hall–Kier alpha value is -1.66. The molecule has 2 rings (SSSR count). The van der Waals surface area contributed by atoms with E-state index in [1.807, 2.05) is 0 Å². The van der Waals surface area contributed by atoms with Crippen LogP contribution in [-0.2, 0) is 17.9 Å². The van der Waals surface area contributed by atoms with Crippen LogP contribution >= 0.6 is 11.6 Å². The number of hydrogen-bond acceptors (Lipinski definition) is 5. The second-order valence-corrected chi connectivity index (χ2v) is 4.16. The minimum Gasteiger partial charge on any atom is -0.377 e. The van der Waals surface area contributed by atoms with Crippen molar-refractivity contribution >= 4 is 11.6 Å². The number of aromatic nitrogens is 3. The van der Waals surface area contributed by atoms with Crippen molar-refractivity contribution in [1.82, 2.24) is 14.7 Å². The molecule has 0 aliphatic heterocycles. The molecule has 18 heavy (non-hydrogen) atoms. The summed E-state index contributed by atoms with van der Waals surface area (Å²) < 4.78 is 11.4. The highest BCUT2D eigenvalue weighted by molar-refractivity contribution is 6.29. The molecule has 96 valence electrons. The fraction of sp³-hybridized carbons (Fsp3) is 0.364. The van der Waals surface area contributed by atoms with Crippen LogP contribution in [0.2, 0.25) is 5.15 Å². The molecule has 6 nitrogen and oxygen atoms in total. The van der Waals surface area contributed by atoms with Crippen LogP contribution in [0.15, 0.2) is 21.5 Å². The molecule has 0 bridgehead atoms. The minimum atomic E-state index is -0.219. The number of ether oxygens (including phenoxy) is 1.